The molecule has 0 aromatic heterocycles. The number of carbonyl (C=O) groups is 1. The molecule has 7 heteroatoms. The van der Waals surface area contributed by atoms with Crippen LogP contribution >= 0.6 is 34.8 Å². The Balaban J connectivity index is 1.97. The Bertz CT molecular complexity index is 529. The second-order valence-electron chi connectivity index (χ2n) is 5.25. The Kier molecular flexibility index (Phi) is 5.74. The van der Waals surface area contributed by atoms with Gasteiger partial charge in [0.05, 0.1) is 39.5 Å². The van der Waals surface area contributed by atoms with Gasteiger partial charge in [-0.15, -0.1) is 0 Å². The number of anilines is 1. The predicted octanol–water partition coefficient (Wildman–Crippen LogP) is 3.69. The normalized spacial score (nSPS) is 23.1. The van der Waals surface area contributed by atoms with Gasteiger partial charge in [0.25, 0.3) is 0 Å². The number of halogens is 3. The largest absolute Gasteiger partial charge is 0.373 e. The van der Waals surface area contributed by atoms with Crippen LogP contribution in [0.1, 0.15) is 13.8 Å². The topological polar surface area (TPSA) is 41.6 Å². The fraction of sp³-hybridized carbons (Fsp3) is 0.500. The van der Waals surface area contributed by atoms with Crippen LogP contribution in [0.15, 0.2) is 12.1 Å². The lowest BCUT2D eigenvalue weighted by atomic mass is 10.2. The fourth-order valence-electron chi connectivity index (χ4n) is 2.42. The molecule has 1 fully saturated rings. The van der Waals surface area contributed by atoms with Gasteiger partial charge in [0.1, 0.15) is 0 Å². The van der Waals surface area contributed by atoms with Crippen molar-refractivity contribution in [2.75, 3.05) is 25.0 Å². The highest BCUT2D eigenvalue weighted by molar-refractivity contribution is 6.44. The van der Waals surface area contributed by atoms with Crippen LogP contribution in [0.3, 0.4) is 0 Å². The molecule has 1 aliphatic rings. The molecule has 1 aromatic rings. The van der Waals surface area contributed by atoms with Crippen molar-refractivity contribution in [1.29, 1.82) is 0 Å². The number of hydrogen-bond acceptors (Lipinski definition) is 3. The first kappa shape index (κ1) is 16.8. The highest BCUT2D eigenvalue weighted by atomic mass is 35.5. The molecule has 1 aliphatic heterocycles. The Labute approximate surface area is 139 Å². The van der Waals surface area contributed by atoms with Gasteiger partial charge >= 0.3 is 0 Å². The third-order valence-electron chi connectivity index (χ3n) is 3.15. The molecule has 116 valence electrons. The van der Waals surface area contributed by atoms with Crippen molar-refractivity contribution in [3.05, 3.63) is 27.2 Å². The quantitative estimate of drug-likeness (QED) is 0.844. The lowest BCUT2D eigenvalue weighted by Crippen LogP contribution is -2.48. The molecule has 1 N–H and O–H groups in total. The molecule has 0 saturated carbocycles. The molecule has 1 heterocycles. The molecular weight excluding hydrogens is 335 g/mol. The summed E-state index contributed by atoms with van der Waals surface area (Å²) in [6.07, 6.45) is 0.241. The van der Waals surface area contributed by atoms with Crippen molar-refractivity contribution < 1.29 is 9.53 Å². The smallest absolute Gasteiger partial charge is 0.238 e. The van der Waals surface area contributed by atoms with Crippen molar-refractivity contribution >= 4 is 46.4 Å². The molecule has 1 saturated heterocycles. The fourth-order valence-corrected chi connectivity index (χ4v) is 3.02. The van der Waals surface area contributed by atoms with E-state index in [-0.39, 0.29) is 24.7 Å². The summed E-state index contributed by atoms with van der Waals surface area (Å²) in [7, 11) is 0. The van der Waals surface area contributed by atoms with E-state index in [0.717, 1.165) is 13.1 Å². The molecule has 0 spiro atoms. The van der Waals surface area contributed by atoms with E-state index in [4.69, 9.17) is 39.5 Å². The molecule has 0 unspecified atom stereocenters. The zero-order chi connectivity index (χ0) is 15.6. The summed E-state index contributed by atoms with van der Waals surface area (Å²) in [5.41, 5.74) is 0.463. The van der Waals surface area contributed by atoms with Gasteiger partial charge in [-0.2, -0.15) is 0 Å². The number of hydrogen-bond donors (Lipinski definition) is 1. The van der Waals surface area contributed by atoms with Crippen molar-refractivity contribution in [3.8, 4) is 0 Å². The summed E-state index contributed by atoms with van der Waals surface area (Å²) < 4.78 is 5.64. The van der Waals surface area contributed by atoms with E-state index in [0.29, 0.717) is 20.8 Å². The van der Waals surface area contributed by atoms with Crippen LogP contribution in [0, 0.1) is 0 Å². The minimum atomic E-state index is -0.142. The monoisotopic (exact) mass is 350 g/mol. The zero-order valence-corrected chi connectivity index (χ0v) is 14.1. The third-order valence-corrected chi connectivity index (χ3v) is 4.18. The van der Waals surface area contributed by atoms with Crippen molar-refractivity contribution in [2.45, 2.75) is 26.1 Å². The van der Waals surface area contributed by atoms with Crippen LogP contribution in [-0.2, 0) is 9.53 Å². The van der Waals surface area contributed by atoms with Crippen LogP contribution in [0.25, 0.3) is 0 Å². The standard InChI is InChI=1S/C14H17Cl3N2O2/c1-8-5-19(6-9(2)21-8)7-14(20)18-13-4-11(16)10(15)3-12(13)17/h3-4,8-9H,5-7H2,1-2H3,(H,18,20)/t8-,9-/m1/s1. The van der Waals surface area contributed by atoms with Gasteiger partial charge in [0, 0.05) is 13.1 Å². The number of amides is 1. The average molecular weight is 352 g/mol. The summed E-state index contributed by atoms with van der Waals surface area (Å²) in [4.78, 5) is 14.2. The molecular formula is C14H17Cl3N2O2. The minimum Gasteiger partial charge on any atom is -0.373 e. The van der Waals surface area contributed by atoms with Gasteiger partial charge in [-0.1, -0.05) is 34.8 Å². The van der Waals surface area contributed by atoms with Crippen LogP contribution < -0.4 is 5.32 Å². The molecule has 2 atom stereocenters. The Hall–Kier alpha value is -0.520. The molecule has 1 aromatic carbocycles. The summed E-state index contributed by atoms with van der Waals surface area (Å²) in [6, 6.07) is 3.06. The van der Waals surface area contributed by atoms with E-state index >= 15 is 0 Å². The third kappa shape index (κ3) is 4.73. The van der Waals surface area contributed by atoms with Gasteiger partial charge in [0.15, 0.2) is 0 Å². The molecule has 0 radical (unpaired) electrons. The van der Waals surface area contributed by atoms with E-state index in [9.17, 15) is 4.79 Å². The minimum absolute atomic E-state index is 0.120. The maximum atomic E-state index is 12.1. The van der Waals surface area contributed by atoms with E-state index < -0.39 is 0 Å². The SMILES string of the molecule is C[C@@H]1CN(CC(=O)Nc2cc(Cl)c(Cl)cc2Cl)C[C@@H](C)O1. The lowest BCUT2D eigenvalue weighted by Gasteiger charge is -2.34. The highest BCUT2D eigenvalue weighted by Crippen LogP contribution is 2.32. The Morgan fingerprint density at radius 2 is 1.76 bits per heavy atom. The maximum Gasteiger partial charge on any atom is 0.238 e. The molecule has 2 rings (SSSR count). The number of benzene rings is 1. The number of rotatable bonds is 3. The summed E-state index contributed by atoms with van der Waals surface area (Å²) in [6.45, 7) is 5.74. The number of morpholine rings is 1. The Morgan fingerprint density at radius 1 is 1.19 bits per heavy atom. The Morgan fingerprint density at radius 3 is 2.38 bits per heavy atom. The van der Waals surface area contributed by atoms with Crippen LogP contribution in [-0.4, -0.2) is 42.6 Å². The van der Waals surface area contributed by atoms with Gasteiger partial charge < -0.3 is 10.1 Å². The first-order valence-electron chi connectivity index (χ1n) is 6.67. The van der Waals surface area contributed by atoms with Gasteiger partial charge in [-0.05, 0) is 26.0 Å². The summed E-state index contributed by atoms with van der Waals surface area (Å²) >= 11 is 17.8. The van der Waals surface area contributed by atoms with Crippen LogP contribution in [0.5, 0.6) is 0 Å². The molecule has 0 bridgehead atoms. The van der Waals surface area contributed by atoms with E-state index in [1.165, 1.54) is 6.07 Å². The number of carbonyl (C=O) groups excluding carboxylic acids is 1. The van der Waals surface area contributed by atoms with Crippen molar-refractivity contribution in [3.63, 3.8) is 0 Å². The second-order valence-corrected chi connectivity index (χ2v) is 6.47. The molecule has 4 nitrogen and oxygen atoms in total. The van der Waals surface area contributed by atoms with Gasteiger partial charge in [-0.3, -0.25) is 9.69 Å². The maximum absolute atomic E-state index is 12.1. The summed E-state index contributed by atoms with van der Waals surface area (Å²) in [5, 5.41) is 3.83. The highest BCUT2D eigenvalue weighted by Gasteiger charge is 2.23. The zero-order valence-electron chi connectivity index (χ0n) is 11.8. The van der Waals surface area contributed by atoms with Crippen molar-refractivity contribution in [1.82, 2.24) is 4.90 Å². The second kappa shape index (κ2) is 7.16. The average Bonchev–Trinajstić information content (AvgIpc) is 2.34. The first-order valence-corrected chi connectivity index (χ1v) is 7.80. The van der Waals surface area contributed by atoms with Crippen LogP contribution in [0.2, 0.25) is 15.1 Å². The molecule has 21 heavy (non-hydrogen) atoms. The predicted molar refractivity (Wildman–Crippen MR) is 86.6 cm³/mol. The first-order chi connectivity index (χ1) is 9.85. The molecule has 0 aliphatic carbocycles. The van der Waals surface area contributed by atoms with Crippen molar-refractivity contribution in [2.24, 2.45) is 0 Å². The van der Waals surface area contributed by atoms with Crippen LogP contribution in [0.4, 0.5) is 5.69 Å². The van der Waals surface area contributed by atoms with E-state index in [1.807, 2.05) is 13.8 Å². The van der Waals surface area contributed by atoms with E-state index in [1.54, 1.807) is 6.07 Å². The van der Waals surface area contributed by atoms with E-state index in [2.05, 4.69) is 10.2 Å². The summed E-state index contributed by atoms with van der Waals surface area (Å²) in [5.74, 6) is -0.142. The van der Waals surface area contributed by atoms with Gasteiger partial charge in [0.2, 0.25) is 5.91 Å². The molecule has 1 amide bonds. The number of nitrogens with zero attached hydrogens (tertiary/aromatic N) is 1. The van der Waals surface area contributed by atoms with Gasteiger partial charge in [-0.25, -0.2) is 0 Å². The number of nitrogens with one attached hydrogen (secondary N) is 1. The number of ether oxygens (including phenoxy) is 1. The lowest BCUT2D eigenvalue weighted by molar-refractivity contribution is -0.121.